The number of benzene rings is 1. The van der Waals surface area contributed by atoms with E-state index < -0.39 is 21.5 Å². The van der Waals surface area contributed by atoms with Crippen LogP contribution in [0.3, 0.4) is 0 Å². The Kier molecular flexibility index (Phi) is 6.37. The molecule has 1 aromatic carbocycles. The number of hydrogen-bond acceptors (Lipinski definition) is 5. The number of hydrogen-bond donors (Lipinski definition) is 2. The number of nitrogens with two attached hydrogens (primary N) is 1. The molecule has 0 atom stereocenters. The molecule has 0 heterocycles. The molecule has 0 saturated carbocycles. The Morgan fingerprint density at radius 1 is 1.36 bits per heavy atom. The van der Waals surface area contributed by atoms with E-state index >= 15 is 0 Å². The maximum Gasteiger partial charge on any atom is 0.339 e. The van der Waals surface area contributed by atoms with Crippen LogP contribution in [-0.4, -0.2) is 33.6 Å². The third-order valence-corrected chi connectivity index (χ3v) is 5.59. The summed E-state index contributed by atoms with van der Waals surface area (Å²) in [4.78, 5) is 11.6. The van der Waals surface area contributed by atoms with Crippen molar-refractivity contribution in [2.45, 2.75) is 37.1 Å². The molecule has 0 aliphatic rings. The minimum Gasteiger partial charge on any atom is -0.465 e. The highest BCUT2D eigenvalue weighted by Crippen LogP contribution is 2.24. The zero-order valence-corrected chi connectivity index (χ0v) is 14.4. The second kappa shape index (κ2) is 7.41. The van der Waals surface area contributed by atoms with Gasteiger partial charge in [0.1, 0.15) is 0 Å². The predicted molar refractivity (Wildman–Crippen MR) is 85.5 cm³/mol. The molecule has 0 saturated heterocycles. The fourth-order valence-electron chi connectivity index (χ4n) is 2.06. The molecule has 1 aromatic rings. The molecule has 8 heteroatoms. The standard InChI is InChI=1S/C14H21ClN2O4S/c1-4-14(5-2,9-16)17-22(19,20)12-8-10(15)6-7-11(12)13(18)21-3/h6-8,17H,4-5,9,16H2,1-3H3. The van der Waals surface area contributed by atoms with E-state index in [2.05, 4.69) is 9.46 Å². The van der Waals surface area contributed by atoms with Crippen molar-refractivity contribution in [2.24, 2.45) is 5.73 Å². The molecule has 0 radical (unpaired) electrons. The monoisotopic (exact) mass is 348 g/mol. The van der Waals surface area contributed by atoms with E-state index in [0.29, 0.717) is 12.8 Å². The van der Waals surface area contributed by atoms with Gasteiger partial charge in [-0.25, -0.2) is 17.9 Å². The number of halogens is 1. The summed E-state index contributed by atoms with van der Waals surface area (Å²) in [7, 11) is -2.79. The summed E-state index contributed by atoms with van der Waals surface area (Å²) in [5.41, 5.74) is 4.88. The lowest BCUT2D eigenvalue weighted by atomic mass is 9.95. The molecule has 3 N–H and O–H groups in total. The van der Waals surface area contributed by atoms with Crippen LogP contribution in [0, 0.1) is 0 Å². The SMILES string of the molecule is CCC(CC)(CN)NS(=O)(=O)c1cc(Cl)ccc1C(=O)OC. The lowest BCUT2D eigenvalue weighted by Gasteiger charge is -2.31. The van der Waals surface area contributed by atoms with E-state index in [1.165, 1.54) is 25.3 Å². The number of carbonyl (C=O) groups excluding carboxylic acids is 1. The molecule has 0 amide bonds. The highest BCUT2D eigenvalue weighted by atomic mass is 35.5. The summed E-state index contributed by atoms with van der Waals surface area (Å²) in [5, 5.41) is 0.208. The van der Waals surface area contributed by atoms with Gasteiger partial charge >= 0.3 is 5.97 Å². The smallest absolute Gasteiger partial charge is 0.339 e. The zero-order valence-electron chi connectivity index (χ0n) is 12.8. The van der Waals surface area contributed by atoms with Gasteiger partial charge in [0.15, 0.2) is 0 Å². The summed E-state index contributed by atoms with van der Waals surface area (Å²) in [6.07, 6.45) is 1.04. The van der Waals surface area contributed by atoms with Crippen molar-refractivity contribution in [2.75, 3.05) is 13.7 Å². The van der Waals surface area contributed by atoms with Gasteiger partial charge in [0, 0.05) is 17.1 Å². The number of methoxy groups -OCH3 is 1. The second-order valence-electron chi connectivity index (χ2n) is 4.93. The minimum atomic E-state index is -3.98. The highest BCUT2D eigenvalue weighted by molar-refractivity contribution is 7.89. The Bertz CT molecular complexity index is 634. The average Bonchev–Trinajstić information content (AvgIpc) is 2.52. The van der Waals surface area contributed by atoms with Gasteiger partial charge in [-0.3, -0.25) is 0 Å². The largest absolute Gasteiger partial charge is 0.465 e. The van der Waals surface area contributed by atoms with Crippen LogP contribution < -0.4 is 10.5 Å². The minimum absolute atomic E-state index is 0.0717. The van der Waals surface area contributed by atoms with E-state index in [4.69, 9.17) is 17.3 Å². The first-order valence-electron chi connectivity index (χ1n) is 6.87. The maximum atomic E-state index is 12.7. The molecule has 0 aromatic heterocycles. The summed E-state index contributed by atoms with van der Waals surface area (Å²) < 4.78 is 32.6. The van der Waals surface area contributed by atoms with Crippen LogP contribution in [0.1, 0.15) is 37.0 Å². The zero-order chi connectivity index (χ0) is 17.0. The van der Waals surface area contributed by atoms with Gasteiger partial charge in [0.2, 0.25) is 10.0 Å². The summed E-state index contributed by atoms with van der Waals surface area (Å²) in [6, 6.07) is 3.98. The molecule has 124 valence electrons. The Morgan fingerprint density at radius 3 is 2.41 bits per heavy atom. The molecule has 0 fully saturated rings. The molecular weight excluding hydrogens is 328 g/mol. The number of ether oxygens (including phenoxy) is 1. The first-order chi connectivity index (χ1) is 10.2. The van der Waals surface area contributed by atoms with Gasteiger partial charge in [0.05, 0.1) is 17.6 Å². The lowest BCUT2D eigenvalue weighted by Crippen LogP contribution is -2.52. The first kappa shape index (κ1) is 18.9. The van der Waals surface area contributed by atoms with Crippen LogP contribution >= 0.6 is 11.6 Å². The van der Waals surface area contributed by atoms with E-state index in [-0.39, 0.29) is 22.0 Å². The lowest BCUT2D eigenvalue weighted by molar-refractivity contribution is 0.0596. The fraction of sp³-hybridized carbons (Fsp3) is 0.500. The van der Waals surface area contributed by atoms with Crippen molar-refractivity contribution >= 4 is 27.6 Å². The topological polar surface area (TPSA) is 98.5 Å². The molecule has 22 heavy (non-hydrogen) atoms. The molecule has 0 aliphatic carbocycles. The molecule has 6 nitrogen and oxygen atoms in total. The van der Waals surface area contributed by atoms with E-state index in [1.807, 2.05) is 13.8 Å². The number of esters is 1. The predicted octanol–water partition coefficient (Wildman–Crippen LogP) is 1.92. The first-order valence-corrected chi connectivity index (χ1v) is 8.73. The van der Waals surface area contributed by atoms with E-state index in [1.54, 1.807) is 0 Å². The van der Waals surface area contributed by atoms with Crippen LogP contribution in [0.15, 0.2) is 23.1 Å². The van der Waals surface area contributed by atoms with Crippen LogP contribution in [0.4, 0.5) is 0 Å². The number of sulfonamides is 1. The van der Waals surface area contributed by atoms with Crippen LogP contribution in [0.2, 0.25) is 5.02 Å². The number of carbonyl (C=O) groups is 1. The van der Waals surface area contributed by atoms with Gasteiger partial charge in [0.25, 0.3) is 0 Å². The van der Waals surface area contributed by atoms with Crippen molar-refractivity contribution in [1.82, 2.24) is 4.72 Å². The second-order valence-corrected chi connectivity index (χ2v) is 7.02. The molecule has 0 spiro atoms. The third kappa shape index (κ3) is 3.98. The number of rotatable bonds is 7. The quantitative estimate of drug-likeness (QED) is 0.733. The highest BCUT2D eigenvalue weighted by Gasteiger charge is 2.33. The van der Waals surface area contributed by atoms with Crippen LogP contribution in [0.5, 0.6) is 0 Å². The van der Waals surface area contributed by atoms with Gasteiger partial charge in [-0.2, -0.15) is 0 Å². The third-order valence-electron chi connectivity index (χ3n) is 3.73. The van der Waals surface area contributed by atoms with Crippen molar-refractivity contribution in [3.05, 3.63) is 28.8 Å². The summed E-state index contributed by atoms with van der Waals surface area (Å²) in [5.74, 6) is -0.747. The number of nitrogens with one attached hydrogen (secondary N) is 1. The molecular formula is C14H21ClN2O4S. The summed E-state index contributed by atoms with van der Waals surface area (Å²) in [6.45, 7) is 3.84. The maximum absolute atomic E-state index is 12.7. The Labute approximate surface area is 136 Å². The van der Waals surface area contributed by atoms with Gasteiger partial charge in [-0.1, -0.05) is 25.4 Å². The van der Waals surface area contributed by atoms with Crippen molar-refractivity contribution in [3.8, 4) is 0 Å². The average molecular weight is 349 g/mol. The Balaban J connectivity index is 3.39. The van der Waals surface area contributed by atoms with Crippen molar-refractivity contribution < 1.29 is 17.9 Å². The Morgan fingerprint density at radius 2 is 1.95 bits per heavy atom. The van der Waals surface area contributed by atoms with Crippen LogP contribution in [0.25, 0.3) is 0 Å². The molecule has 0 bridgehead atoms. The molecule has 0 aliphatic heterocycles. The van der Waals surface area contributed by atoms with Crippen LogP contribution in [-0.2, 0) is 14.8 Å². The molecule has 1 rings (SSSR count). The van der Waals surface area contributed by atoms with E-state index in [9.17, 15) is 13.2 Å². The van der Waals surface area contributed by atoms with Gasteiger partial charge in [-0.15, -0.1) is 0 Å². The van der Waals surface area contributed by atoms with Crippen molar-refractivity contribution in [1.29, 1.82) is 0 Å². The van der Waals surface area contributed by atoms with Gasteiger partial charge < -0.3 is 10.5 Å². The van der Waals surface area contributed by atoms with Crippen molar-refractivity contribution in [3.63, 3.8) is 0 Å². The fourth-order valence-corrected chi connectivity index (χ4v) is 4.07. The van der Waals surface area contributed by atoms with Gasteiger partial charge in [-0.05, 0) is 31.0 Å². The normalized spacial score (nSPS) is 12.2. The van der Waals surface area contributed by atoms with E-state index in [0.717, 1.165) is 0 Å². The summed E-state index contributed by atoms with van der Waals surface area (Å²) >= 11 is 5.87. The molecule has 0 unspecified atom stereocenters. The Hall–Kier alpha value is -1.15.